The zero-order valence-electron chi connectivity index (χ0n) is 11.8. The number of ether oxygens (including phenoxy) is 1. The van der Waals surface area contributed by atoms with Crippen molar-refractivity contribution >= 4 is 34.8 Å². The van der Waals surface area contributed by atoms with Crippen LogP contribution >= 0.6 is 23.2 Å². The van der Waals surface area contributed by atoms with Crippen LogP contribution in [0.25, 0.3) is 0 Å². The maximum absolute atomic E-state index is 13.6. The molecule has 0 aliphatic rings. The lowest BCUT2D eigenvalue weighted by atomic mass is 10.2. The number of para-hydroxylation sites is 1. The van der Waals surface area contributed by atoms with Crippen LogP contribution in [0.5, 0.6) is 5.75 Å². The summed E-state index contributed by atoms with van der Waals surface area (Å²) < 4.78 is 19.0. The average Bonchev–Trinajstić information content (AvgIpc) is 2.50. The Morgan fingerprint density at radius 1 is 1.27 bits per heavy atom. The number of carbonyl (C=O) groups excluding carboxylic acids is 1. The molecule has 22 heavy (non-hydrogen) atoms. The molecule has 2 aromatic rings. The van der Waals surface area contributed by atoms with Crippen LogP contribution in [0.4, 0.5) is 10.1 Å². The van der Waals surface area contributed by atoms with E-state index in [4.69, 9.17) is 27.9 Å². The molecule has 1 atom stereocenters. The van der Waals surface area contributed by atoms with Gasteiger partial charge in [-0.3, -0.25) is 4.79 Å². The molecule has 1 amide bonds. The molecule has 3 nitrogen and oxygen atoms in total. The Kier molecular flexibility index (Phi) is 5.63. The van der Waals surface area contributed by atoms with Gasteiger partial charge in [0, 0.05) is 5.02 Å². The molecule has 0 fully saturated rings. The molecule has 0 unspecified atom stereocenters. The lowest BCUT2D eigenvalue weighted by molar-refractivity contribution is -0.122. The van der Waals surface area contributed by atoms with E-state index in [9.17, 15) is 9.18 Å². The molecule has 0 aromatic heterocycles. The Hall–Kier alpha value is -1.78. The number of anilines is 1. The molecule has 0 aliphatic heterocycles. The van der Waals surface area contributed by atoms with Crippen LogP contribution < -0.4 is 10.1 Å². The minimum Gasteiger partial charge on any atom is -0.478 e. The molecule has 1 N–H and O–H groups in total. The van der Waals surface area contributed by atoms with E-state index in [0.717, 1.165) is 0 Å². The summed E-state index contributed by atoms with van der Waals surface area (Å²) in [5.74, 6) is -0.911. The van der Waals surface area contributed by atoms with E-state index in [2.05, 4.69) is 5.32 Å². The topological polar surface area (TPSA) is 38.3 Å². The summed E-state index contributed by atoms with van der Waals surface area (Å²) in [4.78, 5) is 12.3. The monoisotopic (exact) mass is 341 g/mol. The third-order valence-electron chi connectivity index (χ3n) is 2.96. The fourth-order valence-corrected chi connectivity index (χ4v) is 2.16. The molecular formula is C16H14Cl2FNO2. The summed E-state index contributed by atoms with van der Waals surface area (Å²) >= 11 is 11.9. The Labute approximate surface area is 138 Å². The van der Waals surface area contributed by atoms with Crippen LogP contribution in [0.2, 0.25) is 10.0 Å². The highest BCUT2D eigenvalue weighted by molar-refractivity contribution is 6.35. The van der Waals surface area contributed by atoms with E-state index < -0.39 is 17.8 Å². The first-order valence-electron chi connectivity index (χ1n) is 6.68. The number of nitrogens with one attached hydrogen (secondary N) is 1. The molecule has 0 spiro atoms. The van der Waals surface area contributed by atoms with Crippen molar-refractivity contribution in [2.24, 2.45) is 0 Å². The van der Waals surface area contributed by atoms with Crippen molar-refractivity contribution in [3.05, 3.63) is 58.3 Å². The van der Waals surface area contributed by atoms with Crippen molar-refractivity contribution in [3.63, 3.8) is 0 Å². The zero-order chi connectivity index (χ0) is 16.1. The molecule has 2 rings (SSSR count). The van der Waals surface area contributed by atoms with Gasteiger partial charge in [0.1, 0.15) is 0 Å². The molecule has 116 valence electrons. The fourth-order valence-electron chi connectivity index (χ4n) is 1.82. The van der Waals surface area contributed by atoms with Crippen molar-refractivity contribution in [3.8, 4) is 5.75 Å². The Morgan fingerprint density at radius 2 is 2.00 bits per heavy atom. The fraction of sp³-hybridized carbons (Fsp3) is 0.188. The molecule has 0 saturated heterocycles. The van der Waals surface area contributed by atoms with Crippen LogP contribution in [-0.2, 0) is 4.79 Å². The van der Waals surface area contributed by atoms with E-state index in [1.54, 1.807) is 31.2 Å². The number of benzene rings is 2. The number of rotatable bonds is 5. The Balaban J connectivity index is 2.12. The smallest absolute Gasteiger partial charge is 0.265 e. The lowest BCUT2D eigenvalue weighted by Crippen LogP contribution is -2.32. The summed E-state index contributed by atoms with van der Waals surface area (Å²) in [7, 11) is 0. The van der Waals surface area contributed by atoms with Gasteiger partial charge in [-0.25, -0.2) is 4.39 Å². The second kappa shape index (κ2) is 7.47. The van der Waals surface area contributed by atoms with Gasteiger partial charge in [-0.1, -0.05) is 42.3 Å². The SMILES string of the molecule is CC[C@@H](Oc1ccccc1F)C(=O)Nc1cc(Cl)ccc1Cl. The van der Waals surface area contributed by atoms with Crippen molar-refractivity contribution in [1.29, 1.82) is 0 Å². The van der Waals surface area contributed by atoms with Crippen LogP contribution in [0.1, 0.15) is 13.3 Å². The summed E-state index contributed by atoms with van der Waals surface area (Å²) in [6.07, 6.45) is -0.467. The lowest BCUT2D eigenvalue weighted by Gasteiger charge is -2.18. The minimum atomic E-state index is -0.841. The van der Waals surface area contributed by atoms with E-state index in [0.29, 0.717) is 22.2 Å². The maximum Gasteiger partial charge on any atom is 0.265 e. The van der Waals surface area contributed by atoms with Crippen molar-refractivity contribution in [1.82, 2.24) is 0 Å². The van der Waals surface area contributed by atoms with Gasteiger partial charge in [0.05, 0.1) is 10.7 Å². The highest BCUT2D eigenvalue weighted by Crippen LogP contribution is 2.26. The van der Waals surface area contributed by atoms with Gasteiger partial charge in [0.15, 0.2) is 17.7 Å². The van der Waals surface area contributed by atoms with Gasteiger partial charge in [-0.05, 0) is 36.8 Å². The first-order chi connectivity index (χ1) is 10.5. The summed E-state index contributed by atoms with van der Waals surface area (Å²) in [5.41, 5.74) is 0.384. The highest BCUT2D eigenvalue weighted by atomic mass is 35.5. The van der Waals surface area contributed by atoms with Gasteiger partial charge in [-0.2, -0.15) is 0 Å². The second-order valence-corrected chi connectivity index (χ2v) is 5.40. The van der Waals surface area contributed by atoms with Crippen LogP contribution in [-0.4, -0.2) is 12.0 Å². The van der Waals surface area contributed by atoms with E-state index in [1.807, 2.05) is 0 Å². The predicted molar refractivity (Wildman–Crippen MR) is 86.2 cm³/mol. The molecule has 0 radical (unpaired) electrons. The minimum absolute atomic E-state index is 0.0293. The average molecular weight is 342 g/mol. The van der Waals surface area contributed by atoms with Crippen LogP contribution in [0.3, 0.4) is 0 Å². The van der Waals surface area contributed by atoms with Gasteiger partial charge in [0.2, 0.25) is 0 Å². The highest BCUT2D eigenvalue weighted by Gasteiger charge is 2.20. The van der Waals surface area contributed by atoms with E-state index >= 15 is 0 Å². The largest absolute Gasteiger partial charge is 0.478 e. The Morgan fingerprint density at radius 3 is 2.68 bits per heavy atom. The molecule has 0 heterocycles. The summed E-state index contributed by atoms with van der Waals surface area (Å²) in [5, 5.41) is 3.45. The van der Waals surface area contributed by atoms with E-state index in [-0.39, 0.29) is 5.75 Å². The van der Waals surface area contributed by atoms with Gasteiger partial charge < -0.3 is 10.1 Å². The van der Waals surface area contributed by atoms with E-state index in [1.165, 1.54) is 18.2 Å². The molecule has 0 aliphatic carbocycles. The van der Waals surface area contributed by atoms with Gasteiger partial charge >= 0.3 is 0 Å². The molecule has 0 bridgehead atoms. The predicted octanol–water partition coefficient (Wildman–Crippen LogP) is 4.93. The zero-order valence-corrected chi connectivity index (χ0v) is 13.3. The maximum atomic E-state index is 13.6. The van der Waals surface area contributed by atoms with Crippen molar-refractivity contribution < 1.29 is 13.9 Å². The number of hydrogen-bond donors (Lipinski definition) is 1. The first-order valence-corrected chi connectivity index (χ1v) is 7.44. The third kappa shape index (κ3) is 4.12. The standard InChI is InChI=1S/C16H14Cl2FNO2/c1-2-14(22-15-6-4-3-5-12(15)19)16(21)20-13-9-10(17)7-8-11(13)18/h3-9,14H,2H2,1H3,(H,20,21)/t14-/m1/s1. The number of hydrogen-bond acceptors (Lipinski definition) is 2. The molecule has 0 saturated carbocycles. The Bertz CT molecular complexity index is 679. The normalized spacial score (nSPS) is 11.8. The first kappa shape index (κ1) is 16.6. The summed E-state index contributed by atoms with van der Waals surface area (Å²) in [6.45, 7) is 1.77. The van der Waals surface area contributed by atoms with Gasteiger partial charge in [0.25, 0.3) is 5.91 Å². The van der Waals surface area contributed by atoms with Crippen LogP contribution in [0, 0.1) is 5.82 Å². The summed E-state index contributed by atoms with van der Waals surface area (Å²) in [6, 6.07) is 10.7. The molecule has 2 aromatic carbocycles. The number of carbonyl (C=O) groups is 1. The van der Waals surface area contributed by atoms with Crippen molar-refractivity contribution in [2.75, 3.05) is 5.32 Å². The third-order valence-corrected chi connectivity index (χ3v) is 3.52. The second-order valence-electron chi connectivity index (χ2n) is 4.56. The van der Waals surface area contributed by atoms with Gasteiger partial charge in [-0.15, -0.1) is 0 Å². The van der Waals surface area contributed by atoms with Crippen molar-refractivity contribution in [2.45, 2.75) is 19.4 Å². The molecular weight excluding hydrogens is 328 g/mol. The van der Waals surface area contributed by atoms with Crippen LogP contribution in [0.15, 0.2) is 42.5 Å². The number of halogens is 3. The number of amides is 1. The quantitative estimate of drug-likeness (QED) is 0.837. The molecule has 6 heteroatoms.